The van der Waals surface area contributed by atoms with Gasteiger partial charge >= 0.3 is 0 Å². The highest BCUT2D eigenvalue weighted by molar-refractivity contribution is 5.94. The van der Waals surface area contributed by atoms with Crippen molar-refractivity contribution in [1.82, 2.24) is 10.2 Å². The van der Waals surface area contributed by atoms with Gasteiger partial charge in [0.25, 0.3) is 5.91 Å². The third-order valence-corrected chi connectivity index (χ3v) is 5.56. The van der Waals surface area contributed by atoms with Crippen molar-refractivity contribution in [2.75, 3.05) is 32.8 Å². The summed E-state index contributed by atoms with van der Waals surface area (Å²) in [5, 5.41) is 3.03. The second-order valence-corrected chi connectivity index (χ2v) is 7.72. The van der Waals surface area contributed by atoms with Crippen LogP contribution in [0.2, 0.25) is 0 Å². The van der Waals surface area contributed by atoms with Gasteiger partial charge in [0.05, 0.1) is 19.3 Å². The summed E-state index contributed by atoms with van der Waals surface area (Å²) >= 11 is 0. The molecule has 166 valence electrons. The van der Waals surface area contributed by atoms with Crippen LogP contribution in [0.3, 0.4) is 0 Å². The average Bonchev–Trinajstić information content (AvgIpc) is 2.85. The van der Waals surface area contributed by atoms with Crippen LogP contribution in [-0.4, -0.2) is 43.7 Å². The molecule has 3 aromatic rings. The molecule has 1 N–H and O–H groups in total. The SMILES string of the molecule is O=C(NCC(c1ccc(F)cc1)N1CCOCC1)c1ccc(OCc2ccccc2)cc1. The van der Waals surface area contributed by atoms with Gasteiger partial charge in [0, 0.05) is 25.2 Å². The molecule has 3 aromatic carbocycles. The molecule has 0 saturated carbocycles. The standard InChI is InChI=1S/C26H27FN2O3/c27-23-10-6-21(7-11-23)25(29-14-16-31-17-15-29)18-28-26(30)22-8-12-24(13-9-22)32-19-20-4-2-1-3-5-20/h1-13,25H,14-19H2,(H,28,30). The van der Waals surface area contributed by atoms with E-state index in [2.05, 4.69) is 10.2 Å². The van der Waals surface area contributed by atoms with E-state index in [1.54, 1.807) is 36.4 Å². The number of benzene rings is 3. The second kappa shape index (κ2) is 10.9. The second-order valence-electron chi connectivity index (χ2n) is 7.72. The van der Waals surface area contributed by atoms with Gasteiger partial charge in [-0.15, -0.1) is 0 Å². The van der Waals surface area contributed by atoms with Crippen molar-refractivity contribution in [3.05, 3.63) is 101 Å². The van der Waals surface area contributed by atoms with Crippen LogP contribution < -0.4 is 10.1 Å². The number of carbonyl (C=O) groups excluding carboxylic acids is 1. The third kappa shape index (κ3) is 5.93. The zero-order valence-electron chi connectivity index (χ0n) is 17.9. The Bertz CT molecular complexity index is 988. The highest BCUT2D eigenvalue weighted by Crippen LogP contribution is 2.22. The van der Waals surface area contributed by atoms with E-state index in [4.69, 9.17) is 9.47 Å². The molecule has 0 radical (unpaired) electrons. The number of morpholine rings is 1. The number of nitrogens with zero attached hydrogens (tertiary/aromatic N) is 1. The monoisotopic (exact) mass is 434 g/mol. The fourth-order valence-electron chi connectivity index (χ4n) is 3.77. The Morgan fingerprint density at radius 2 is 1.66 bits per heavy atom. The fraction of sp³-hybridized carbons (Fsp3) is 0.269. The first-order valence-electron chi connectivity index (χ1n) is 10.8. The summed E-state index contributed by atoms with van der Waals surface area (Å²) in [4.78, 5) is 15.0. The van der Waals surface area contributed by atoms with Crippen molar-refractivity contribution in [3.8, 4) is 5.75 Å². The predicted molar refractivity (Wildman–Crippen MR) is 121 cm³/mol. The van der Waals surface area contributed by atoms with Gasteiger partial charge in [0.15, 0.2) is 0 Å². The number of hydrogen-bond acceptors (Lipinski definition) is 4. The van der Waals surface area contributed by atoms with Crippen LogP contribution in [0.4, 0.5) is 4.39 Å². The lowest BCUT2D eigenvalue weighted by Crippen LogP contribution is -2.43. The van der Waals surface area contributed by atoms with Crippen LogP contribution in [0, 0.1) is 5.82 Å². The summed E-state index contributed by atoms with van der Waals surface area (Å²) < 4.78 is 24.6. The molecule has 32 heavy (non-hydrogen) atoms. The molecule has 1 amide bonds. The Balaban J connectivity index is 1.36. The molecule has 4 rings (SSSR count). The lowest BCUT2D eigenvalue weighted by Gasteiger charge is -2.35. The molecular formula is C26H27FN2O3. The summed E-state index contributed by atoms with van der Waals surface area (Å²) in [5.41, 5.74) is 2.62. The van der Waals surface area contributed by atoms with E-state index in [1.807, 2.05) is 30.3 Å². The molecule has 0 aliphatic carbocycles. The Kier molecular flexibility index (Phi) is 7.48. The van der Waals surface area contributed by atoms with Crippen molar-refractivity contribution in [1.29, 1.82) is 0 Å². The summed E-state index contributed by atoms with van der Waals surface area (Å²) in [6, 6.07) is 23.5. The first-order chi connectivity index (χ1) is 15.7. The van der Waals surface area contributed by atoms with E-state index in [0.29, 0.717) is 37.7 Å². The van der Waals surface area contributed by atoms with Gasteiger partial charge < -0.3 is 14.8 Å². The van der Waals surface area contributed by atoms with E-state index in [-0.39, 0.29) is 17.8 Å². The highest BCUT2D eigenvalue weighted by Gasteiger charge is 2.23. The van der Waals surface area contributed by atoms with Crippen molar-refractivity contribution in [2.24, 2.45) is 0 Å². The Labute approximate surface area is 187 Å². The van der Waals surface area contributed by atoms with Crippen LogP contribution in [-0.2, 0) is 11.3 Å². The van der Waals surface area contributed by atoms with Gasteiger partial charge in [-0.1, -0.05) is 42.5 Å². The quantitative estimate of drug-likeness (QED) is 0.577. The van der Waals surface area contributed by atoms with Crippen molar-refractivity contribution in [3.63, 3.8) is 0 Å². The molecule has 1 aliphatic rings. The molecule has 5 nitrogen and oxygen atoms in total. The normalized spacial score (nSPS) is 15.2. The third-order valence-electron chi connectivity index (χ3n) is 5.56. The molecule has 1 atom stereocenters. The molecule has 1 unspecified atom stereocenters. The number of ether oxygens (including phenoxy) is 2. The average molecular weight is 435 g/mol. The molecule has 1 heterocycles. The zero-order valence-corrected chi connectivity index (χ0v) is 17.9. The molecule has 0 spiro atoms. The maximum absolute atomic E-state index is 13.4. The van der Waals surface area contributed by atoms with Crippen LogP contribution >= 0.6 is 0 Å². The highest BCUT2D eigenvalue weighted by atomic mass is 19.1. The minimum absolute atomic E-state index is 0.0445. The van der Waals surface area contributed by atoms with Crippen LogP contribution in [0.1, 0.15) is 27.5 Å². The number of rotatable bonds is 8. The number of nitrogens with one attached hydrogen (secondary N) is 1. The lowest BCUT2D eigenvalue weighted by atomic mass is 10.0. The zero-order chi connectivity index (χ0) is 22.2. The van der Waals surface area contributed by atoms with Gasteiger partial charge in [-0.2, -0.15) is 0 Å². The van der Waals surface area contributed by atoms with E-state index >= 15 is 0 Å². The number of halogens is 1. The van der Waals surface area contributed by atoms with E-state index in [0.717, 1.165) is 24.2 Å². The lowest BCUT2D eigenvalue weighted by molar-refractivity contribution is 0.0162. The smallest absolute Gasteiger partial charge is 0.251 e. The maximum Gasteiger partial charge on any atom is 0.251 e. The van der Waals surface area contributed by atoms with Gasteiger partial charge in [-0.25, -0.2) is 4.39 Å². The van der Waals surface area contributed by atoms with Gasteiger partial charge in [0.2, 0.25) is 0 Å². The first-order valence-corrected chi connectivity index (χ1v) is 10.8. The number of hydrogen-bond donors (Lipinski definition) is 1. The fourth-order valence-corrected chi connectivity index (χ4v) is 3.77. The summed E-state index contributed by atoms with van der Waals surface area (Å²) in [5.74, 6) is 0.288. The molecule has 1 saturated heterocycles. The Morgan fingerprint density at radius 1 is 0.969 bits per heavy atom. The molecule has 6 heteroatoms. The van der Waals surface area contributed by atoms with Crippen LogP contribution in [0.25, 0.3) is 0 Å². The molecule has 1 aliphatic heterocycles. The van der Waals surface area contributed by atoms with Crippen molar-refractivity contribution < 1.29 is 18.7 Å². The van der Waals surface area contributed by atoms with Crippen molar-refractivity contribution >= 4 is 5.91 Å². The largest absolute Gasteiger partial charge is 0.489 e. The summed E-state index contributed by atoms with van der Waals surface area (Å²) in [6.07, 6.45) is 0. The number of amides is 1. The molecular weight excluding hydrogens is 407 g/mol. The van der Waals surface area contributed by atoms with Crippen molar-refractivity contribution in [2.45, 2.75) is 12.6 Å². The molecule has 1 fully saturated rings. The summed E-state index contributed by atoms with van der Waals surface area (Å²) in [6.45, 7) is 3.74. The van der Waals surface area contributed by atoms with E-state index < -0.39 is 0 Å². The van der Waals surface area contributed by atoms with E-state index in [1.165, 1.54) is 12.1 Å². The van der Waals surface area contributed by atoms with Crippen LogP contribution in [0.5, 0.6) is 5.75 Å². The van der Waals surface area contributed by atoms with Gasteiger partial charge in [0.1, 0.15) is 18.2 Å². The number of carbonyl (C=O) groups is 1. The topological polar surface area (TPSA) is 50.8 Å². The first kappa shape index (κ1) is 22.0. The van der Waals surface area contributed by atoms with Gasteiger partial charge in [-0.05, 0) is 47.5 Å². The van der Waals surface area contributed by atoms with Gasteiger partial charge in [-0.3, -0.25) is 9.69 Å². The predicted octanol–water partition coefficient (Wildman–Crippen LogP) is 4.21. The Hall–Kier alpha value is -3.22. The maximum atomic E-state index is 13.4. The minimum atomic E-state index is -0.270. The summed E-state index contributed by atoms with van der Waals surface area (Å²) in [7, 11) is 0. The van der Waals surface area contributed by atoms with Crippen LogP contribution in [0.15, 0.2) is 78.9 Å². The van der Waals surface area contributed by atoms with E-state index in [9.17, 15) is 9.18 Å². The Morgan fingerprint density at radius 3 is 2.34 bits per heavy atom. The minimum Gasteiger partial charge on any atom is -0.489 e. The molecule has 0 bridgehead atoms. The molecule has 0 aromatic heterocycles.